The van der Waals surface area contributed by atoms with Gasteiger partial charge in [0.15, 0.2) is 9.84 Å². The smallest absolute Gasteiger partial charge is 0.303 e. The summed E-state index contributed by atoms with van der Waals surface area (Å²) in [5, 5.41) is 11.8. The summed E-state index contributed by atoms with van der Waals surface area (Å²) < 4.78 is 23.1. The molecule has 2 fully saturated rings. The van der Waals surface area contributed by atoms with Gasteiger partial charge in [0, 0.05) is 38.5 Å². The van der Waals surface area contributed by atoms with E-state index in [0.717, 1.165) is 0 Å². The minimum atomic E-state index is -3.03. The summed E-state index contributed by atoms with van der Waals surface area (Å²) >= 11 is 0. The number of aliphatic carboxylic acids is 1. The third-order valence-electron chi connectivity index (χ3n) is 4.15. The molecular weight excluding hydrogens is 296 g/mol. The van der Waals surface area contributed by atoms with E-state index in [4.69, 9.17) is 5.11 Å². The van der Waals surface area contributed by atoms with Crippen LogP contribution in [0.3, 0.4) is 0 Å². The number of carbonyl (C=O) groups is 2. The SMILES string of the molecule is O=C(O)CC1CCN(C(=O)CC2CS(=O)(=O)CCN2)CC1. The number of nitrogens with zero attached hydrogens (tertiary/aromatic N) is 1. The first kappa shape index (κ1) is 16.2. The molecule has 2 N–H and O–H groups in total. The van der Waals surface area contributed by atoms with Crippen LogP contribution in [0.5, 0.6) is 0 Å². The molecule has 0 spiro atoms. The first-order chi connectivity index (χ1) is 9.85. The highest BCUT2D eigenvalue weighted by atomic mass is 32.2. The number of piperidine rings is 1. The molecule has 8 heteroatoms. The molecule has 21 heavy (non-hydrogen) atoms. The van der Waals surface area contributed by atoms with Gasteiger partial charge in [0.2, 0.25) is 5.91 Å². The number of sulfone groups is 1. The van der Waals surface area contributed by atoms with Crippen LogP contribution >= 0.6 is 0 Å². The second kappa shape index (κ2) is 6.74. The molecule has 0 aromatic carbocycles. The van der Waals surface area contributed by atoms with Gasteiger partial charge in [0.05, 0.1) is 11.5 Å². The largest absolute Gasteiger partial charge is 0.481 e. The number of carboxylic acid groups (broad SMARTS) is 1. The first-order valence-electron chi connectivity index (χ1n) is 7.29. The number of nitrogens with one attached hydrogen (secondary N) is 1. The van der Waals surface area contributed by atoms with Crippen molar-refractivity contribution in [3.63, 3.8) is 0 Å². The normalized spacial score (nSPS) is 26.5. The van der Waals surface area contributed by atoms with Gasteiger partial charge >= 0.3 is 5.97 Å². The van der Waals surface area contributed by atoms with Crippen LogP contribution < -0.4 is 5.32 Å². The molecule has 2 heterocycles. The molecule has 0 aromatic heterocycles. The molecule has 120 valence electrons. The Kier molecular flexibility index (Phi) is 5.21. The zero-order valence-electron chi connectivity index (χ0n) is 12.0. The fraction of sp³-hybridized carbons (Fsp3) is 0.846. The Bertz CT molecular complexity index is 497. The van der Waals surface area contributed by atoms with Gasteiger partial charge in [-0.2, -0.15) is 0 Å². The summed E-state index contributed by atoms with van der Waals surface area (Å²) in [7, 11) is -3.03. The molecular formula is C13H22N2O5S. The topological polar surface area (TPSA) is 104 Å². The Morgan fingerprint density at radius 1 is 1.19 bits per heavy atom. The summed E-state index contributed by atoms with van der Waals surface area (Å²) in [6.45, 7) is 1.54. The van der Waals surface area contributed by atoms with E-state index in [9.17, 15) is 18.0 Å². The number of hydrogen-bond acceptors (Lipinski definition) is 5. The van der Waals surface area contributed by atoms with E-state index in [-0.39, 0.29) is 42.2 Å². The molecule has 1 unspecified atom stereocenters. The molecule has 7 nitrogen and oxygen atoms in total. The highest BCUT2D eigenvalue weighted by molar-refractivity contribution is 7.91. The number of carbonyl (C=O) groups excluding carboxylic acids is 1. The maximum Gasteiger partial charge on any atom is 0.303 e. The van der Waals surface area contributed by atoms with E-state index in [0.29, 0.717) is 32.5 Å². The Morgan fingerprint density at radius 2 is 1.86 bits per heavy atom. The van der Waals surface area contributed by atoms with Crippen LogP contribution in [0.4, 0.5) is 0 Å². The summed E-state index contributed by atoms with van der Waals surface area (Å²) in [5.41, 5.74) is 0. The molecule has 0 aromatic rings. The number of hydrogen-bond donors (Lipinski definition) is 2. The van der Waals surface area contributed by atoms with Crippen molar-refractivity contribution in [2.75, 3.05) is 31.1 Å². The first-order valence-corrected chi connectivity index (χ1v) is 9.11. The second-order valence-corrected chi connectivity index (χ2v) is 8.12. The van der Waals surface area contributed by atoms with Crippen LogP contribution in [-0.4, -0.2) is 67.5 Å². The van der Waals surface area contributed by atoms with Crippen molar-refractivity contribution in [2.24, 2.45) is 5.92 Å². The quantitative estimate of drug-likeness (QED) is 0.722. The molecule has 0 aliphatic carbocycles. The molecule has 1 amide bonds. The van der Waals surface area contributed by atoms with E-state index in [1.807, 2.05) is 0 Å². The van der Waals surface area contributed by atoms with Gasteiger partial charge in [-0.15, -0.1) is 0 Å². The second-order valence-electron chi connectivity index (χ2n) is 5.89. The average molecular weight is 318 g/mol. The third kappa shape index (κ3) is 4.96. The fourth-order valence-electron chi connectivity index (χ4n) is 2.97. The van der Waals surface area contributed by atoms with Gasteiger partial charge in [-0.1, -0.05) is 0 Å². The van der Waals surface area contributed by atoms with Crippen molar-refractivity contribution in [2.45, 2.75) is 31.7 Å². The zero-order chi connectivity index (χ0) is 15.5. The van der Waals surface area contributed by atoms with Gasteiger partial charge in [-0.05, 0) is 18.8 Å². The van der Waals surface area contributed by atoms with Gasteiger partial charge < -0.3 is 15.3 Å². The number of carboxylic acids is 1. The van der Waals surface area contributed by atoms with Crippen molar-refractivity contribution in [3.05, 3.63) is 0 Å². The van der Waals surface area contributed by atoms with Crippen LogP contribution in [0.1, 0.15) is 25.7 Å². The third-order valence-corrected chi connectivity index (χ3v) is 5.89. The maximum absolute atomic E-state index is 12.2. The van der Waals surface area contributed by atoms with Crippen LogP contribution in [0, 0.1) is 5.92 Å². The molecule has 0 saturated carbocycles. The van der Waals surface area contributed by atoms with Crippen LogP contribution in [0.2, 0.25) is 0 Å². The van der Waals surface area contributed by atoms with Crippen molar-refractivity contribution < 1.29 is 23.1 Å². The Morgan fingerprint density at radius 3 is 2.43 bits per heavy atom. The zero-order valence-corrected chi connectivity index (χ0v) is 12.8. The number of rotatable bonds is 4. The summed E-state index contributed by atoms with van der Waals surface area (Å²) in [6.07, 6.45) is 1.76. The van der Waals surface area contributed by atoms with E-state index in [2.05, 4.69) is 5.32 Å². The van der Waals surface area contributed by atoms with Gasteiger partial charge in [0.1, 0.15) is 0 Å². The average Bonchev–Trinajstić information content (AvgIpc) is 2.37. The van der Waals surface area contributed by atoms with Crippen LogP contribution in [-0.2, 0) is 19.4 Å². The van der Waals surface area contributed by atoms with Gasteiger partial charge in [-0.3, -0.25) is 9.59 Å². The molecule has 2 rings (SSSR count). The molecule has 0 bridgehead atoms. The van der Waals surface area contributed by atoms with Crippen molar-refractivity contribution >= 4 is 21.7 Å². The summed E-state index contributed by atoms with van der Waals surface area (Å²) in [5.74, 6) is -0.540. The van der Waals surface area contributed by atoms with Gasteiger partial charge in [0.25, 0.3) is 0 Å². The molecule has 2 aliphatic heterocycles. The number of amides is 1. The lowest BCUT2D eigenvalue weighted by molar-refractivity contribution is -0.138. The highest BCUT2D eigenvalue weighted by Gasteiger charge is 2.29. The van der Waals surface area contributed by atoms with Crippen molar-refractivity contribution in [1.82, 2.24) is 10.2 Å². The minimum absolute atomic E-state index is 0.0220. The predicted octanol–water partition coefficient (Wildman–Crippen LogP) is -0.524. The van der Waals surface area contributed by atoms with Crippen molar-refractivity contribution in [1.29, 1.82) is 0 Å². The molecule has 2 aliphatic rings. The summed E-state index contributed by atoms with van der Waals surface area (Å²) in [6, 6.07) is -0.298. The fourth-order valence-corrected chi connectivity index (χ4v) is 4.42. The van der Waals surface area contributed by atoms with E-state index in [1.54, 1.807) is 4.90 Å². The van der Waals surface area contributed by atoms with E-state index in [1.165, 1.54) is 0 Å². The van der Waals surface area contributed by atoms with Crippen LogP contribution in [0.15, 0.2) is 0 Å². The monoisotopic (exact) mass is 318 g/mol. The highest BCUT2D eigenvalue weighted by Crippen LogP contribution is 2.21. The number of likely N-dealkylation sites (tertiary alicyclic amines) is 1. The summed E-state index contributed by atoms with van der Waals surface area (Å²) in [4.78, 5) is 24.6. The minimum Gasteiger partial charge on any atom is -0.481 e. The van der Waals surface area contributed by atoms with Crippen LogP contribution in [0.25, 0.3) is 0 Å². The lowest BCUT2D eigenvalue weighted by atomic mass is 9.93. The lowest BCUT2D eigenvalue weighted by Crippen LogP contribution is -2.48. The Labute approximate surface area is 124 Å². The van der Waals surface area contributed by atoms with E-state index < -0.39 is 15.8 Å². The van der Waals surface area contributed by atoms with E-state index >= 15 is 0 Å². The Hall–Kier alpha value is -1.15. The standard InChI is InChI=1S/C13H22N2O5S/c16-12(8-11-9-21(19,20)6-3-14-11)15-4-1-10(2-5-15)7-13(17)18/h10-11,14H,1-9H2,(H,17,18). The predicted molar refractivity (Wildman–Crippen MR) is 76.6 cm³/mol. The van der Waals surface area contributed by atoms with Crippen molar-refractivity contribution in [3.8, 4) is 0 Å². The lowest BCUT2D eigenvalue weighted by Gasteiger charge is -2.33. The van der Waals surface area contributed by atoms with Gasteiger partial charge in [-0.25, -0.2) is 8.42 Å². The molecule has 2 saturated heterocycles. The molecule has 0 radical (unpaired) electrons. The maximum atomic E-state index is 12.2. The Balaban J connectivity index is 1.78. The molecule has 1 atom stereocenters.